The predicted octanol–water partition coefficient (Wildman–Crippen LogP) is 3.30. The maximum absolute atomic E-state index is 12.2. The Morgan fingerprint density at radius 3 is 3.33 bits per heavy atom. The smallest absolute Gasteiger partial charge is 0.223 e. The van der Waals surface area contributed by atoms with Gasteiger partial charge in [0.25, 0.3) is 0 Å². The minimum absolute atomic E-state index is 0.0196. The summed E-state index contributed by atoms with van der Waals surface area (Å²) in [5.41, 5.74) is 1.37. The van der Waals surface area contributed by atoms with E-state index in [1.165, 1.54) is 36.1 Å². The second-order valence-electron chi connectivity index (χ2n) is 6.78. The van der Waals surface area contributed by atoms with E-state index in [0.717, 1.165) is 37.3 Å². The van der Waals surface area contributed by atoms with Crippen molar-refractivity contribution in [1.82, 2.24) is 5.32 Å². The van der Waals surface area contributed by atoms with Gasteiger partial charge in [-0.15, -0.1) is 11.3 Å². The first-order chi connectivity index (χ1) is 10.3. The minimum Gasteiger partial charge on any atom is -0.372 e. The van der Waals surface area contributed by atoms with Gasteiger partial charge in [0, 0.05) is 11.4 Å². The molecule has 1 N–H and O–H groups in total. The molecular weight excluding hydrogens is 282 g/mol. The van der Waals surface area contributed by atoms with E-state index in [1.54, 1.807) is 11.3 Å². The summed E-state index contributed by atoms with van der Waals surface area (Å²) in [6.07, 6.45) is 6.93. The van der Waals surface area contributed by atoms with Gasteiger partial charge < -0.3 is 10.1 Å². The van der Waals surface area contributed by atoms with E-state index in [1.807, 2.05) is 0 Å². The van der Waals surface area contributed by atoms with Gasteiger partial charge in [-0.05, 0) is 54.0 Å². The van der Waals surface area contributed by atoms with Crippen LogP contribution < -0.4 is 5.32 Å². The van der Waals surface area contributed by atoms with E-state index in [2.05, 4.69) is 16.8 Å². The fourth-order valence-corrected chi connectivity index (χ4v) is 5.15. The van der Waals surface area contributed by atoms with Crippen LogP contribution in [0, 0.1) is 17.8 Å². The van der Waals surface area contributed by atoms with Crippen molar-refractivity contribution >= 4 is 17.2 Å². The molecule has 2 saturated carbocycles. The summed E-state index contributed by atoms with van der Waals surface area (Å²) in [6.45, 7) is 1.62. The van der Waals surface area contributed by atoms with Crippen molar-refractivity contribution in [3.8, 4) is 0 Å². The Hall–Kier alpha value is -0.870. The molecule has 2 heterocycles. The van der Waals surface area contributed by atoms with Gasteiger partial charge in [-0.2, -0.15) is 0 Å². The fourth-order valence-electron chi connectivity index (χ4n) is 4.15. The van der Waals surface area contributed by atoms with Crippen LogP contribution in [0.2, 0.25) is 0 Å². The van der Waals surface area contributed by atoms with E-state index < -0.39 is 0 Å². The maximum Gasteiger partial charge on any atom is 0.223 e. The number of hydrogen-bond acceptors (Lipinski definition) is 3. The largest absolute Gasteiger partial charge is 0.372 e. The molecule has 1 aromatic rings. The van der Waals surface area contributed by atoms with Gasteiger partial charge in [0.15, 0.2) is 0 Å². The number of nitrogens with one attached hydrogen (secondary N) is 1. The molecule has 0 spiro atoms. The second kappa shape index (κ2) is 5.73. The normalized spacial score (nSPS) is 33.9. The number of ether oxygens (including phenoxy) is 1. The number of fused-ring (bicyclic) bond motifs is 2. The minimum atomic E-state index is -0.0196. The predicted molar refractivity (Wildman–Crippen MR) is 83.3 cm³/mol. The van der Waals surface area contributed by atoms with Crippen molar-refractivity contribution in [3.63, 3.8) is 0 Å². The highest BCUT2D eigenvalue weighted by Gasteiger charge is 2.44. The number of carbonyl (C=O) groups excluding carboxylic acids is 1. The van der Waals surface area contributed by atoms with Crippen LogP contribution in [0.4, 0.5) is 0 Å². The number of amides is 1. The lowest BCUT2D eigenvalue weighted by atomic mass is 9.89. The second-order valence-corrected chi connectivity index (χ2v) is 7.73. The zero-order valence-corrected chi connectivity index (χ0v) is 13.2. The van der Waals surface area contributed by atoms with Crippen molar-refractivity contribution < 1.29 is 9.53 Å². The molecule has 4 rings (SSSR count). The monoisotopic (exact) mass is 305 g/mol. The topological polar surface area (TPSA) is 38.3 Å². The summed E-state index contributed by atoms with van der Waals surface area (Å²) in [6, 6.07) is 2.17. The third kappa shape index (κ3) is 2.88. The molecule has 114 valence electrons. The molecule has 1 aromatic heterocycles. The quantitative estimate of drug-likeness (QED) is 0.927. The molecule has 0 saturated heterocycles. The average molecular weight is 305 g/mol. The van der Waals surface area contributed by atoms with E-state index in [4.69, 9.17) is 4.74 Å². The number of carbonyl (C=O) groups is 1. The Bertz CT molecular complexity index is 527. The van der Waals surface area contributed by atoms with Crippen LogP contribution in [0.25, 0.3) is 0 Å². The number of rotatable bonds is 4. The zero-order chi connectivity index (χ0) is 14.2. The van der Waals surface area contributed by atoms with Crippen LogP contribution in [-0.2, 0) is 16.0 Å². The van der Waals surface area contributed by atoms with Gasteiger partial charge in [-0.25, -0.2) is 0 Å². The average Bonchev–Trinajstić information content (AvgIpc) is 3.13. The Balaban J connectivity index is 1.29. The van der Waals surface area contributed by atoms with Crippen molar-refractivity contribution in [2.45, 2.75) is 44.6 Å². The summed E-state index contributed by atoms with van der Waals surface area (Å²) < 4.78 is 5.80. The standard InChI is InChI=1S/C17H23NO2S/c19-16(18-10-13-3-1-2-12-8-14(12)13)9-15-17-11(4-6-20-15)5-7-21-17/h5,7,12-15H,1-4,6,8-10H2,(H,18,19). The third-order valence-electron chi connectivity index (χ3n) is 5.43. The van der Waals surface area contributed by atoms with Gasteiger partial charge in [0.05, 0.1) is 13.0 Å². The van der Waals surface area contributed by atoms with Crippen LogP contribution in [-0.4, -0.2) is 19.1 Å². The zero-order valence-electron chi connectivity index (χ0n) is 12.3. The van der Waals surface area contributed by atoms with Gasteiger partial charge in [-0.3, -0.25) is 4.79 Å². The van der Waals surface area contributed by atoms with Crippen LogP contribution >= 0.6 is 11.3 Å². The van der Waals surface area contributed by atoms with E-state index in [0.29, 0.717) is 6.42 Å². The molecule has 0 bridgehead atoms. The summed E-state index contributed by atoms with van der Waals surface area (Å²) >= 11 is 1.72. The summed E-state index contributed by atoms with van der Waals surface area (Å²) in [4.78, 5) is 13.5. The molecule has 21 heavy (non-hydrogen) atoms. The highest BCUT2D eigenvalue weighted by Crippen LogP contribution is 2.52. The molecule has 1 aliphatic heterocycles. The maximum atomic E-state index is 12.2. The van der Waals surface area contributed by atoms with Gasteiger partial charge in [-0.1, -0.05) is 12.8 Å². The fraction of sp³-hybridized carbons (Fsp3) is 0.706. The van der Waals surface area contributed by atoms with Crippen molar-refractivity contribution in [3.05, 3.63) is 21.9 Å². The van der Waals surface area contributed by atoms with Gasteiger partial charge >= 0.3 is 0 Å². The first-order valence-electron chi connectivity index (χ1n) is 8.26. The molecule has 1 amide bonds. The van der Waals surface area contributed by atoms with Crippen molar-refractivity contribution in [1.29, 1.82) is 0 Å². The molecule has 4 heteroatoms. The molecule has 3 aliphatic rings. The molecule has 4 atom stereocenters. The molecule has 2 fully saturated rings. The lowest BCUT2D eigenvalue weighted by Gasteiger charge is -2.24. The lowest BCUT2D eigenvalue weighted by molar-refractivity contribution is -0.124. The van der Waals surface area contributed by atoms with Crippen molar-refractivity contribution in [2.75, 3.05) is 13.2 Å². The molecule has 0 aromatic carbocycles. The van der Waals surface area contributed by atoms with Crippen LogP contribution in [0.5, 0.6) is 0 Å². The molecule has 3 nitrogen and oxygen atoms in total. The number of thiophene rings is 1. The Morgan fingerprint density at radius 2 is 2.38 bits per heavy atom. The van der Waals surface area contributed by atoms with E-state index in [9.17, 15) is 4.79 Å². The summed E-state index contributed by atoms with van der Waals surface area (Å²) in [5, 5.41) is 5.28. The Morgan fingerprint density at radius 1 is 1.43 bits per heavy atom. The highest BCUT2D eigenvalue weighted by atomic mass is 32.1. The molecule has 2 aliphatic carbocycles. The Kier molecular flexibility index (Phi) is 3.76. The van der Waals surface area contributed by atoms with Crippen molar-refractivity contribution in [2.24, 2.45) is 17.8 Å². The molecular formula is C17H23NO2S. The summed E-state index contributed by atoms with van der Waals surface area (Å²) in [7, 11) is 0. The SMILES string of the molecule is O=C(CC1OCCc2ccsc21)NCC1CCCC2CC12. The van der Waals surface area contributed by atoms with Crippen LogP contribution in [0.3, 0.4) is 0 Å². The first kappa shape index (κ1) is 13.8. The third-order valence-corrected chi connectivity index (χ3v) is 6.48. The molecule has 0 radical (unpaired) electrons. The summed E-state index contributed by atoms with van der Waals surface area (Å²) in [5.74, 6) is 2.78. The lowest BCUT2D eigenvalue weighted by Crippen LogP contribution is -2.33. The van der Waals surface area contributed by atoms with Gasteiger partial charge in [0.1, 0.15) is 6.10 Å². The van der Waals surface area contributed by atoms with Crippen LogP contribution in [0.1, 0.15) is 48.6 Å². The molecule has 4 unspecified atom stereocenters. The number of hydrogen-bond donors (Lipinski definition) is 1. The highest BCUT2D eigenvalue weighted by molar-refractivity contribution is 7.10. The van der Waals surface area contributed by atoms with Gasteiger partial charge in [0.2, 0.25) is 5.91 Å². The van der Waals surface area contributed by atoms with E-state index in [-0.39, 0.29) is 12.0 Å². The van der Waals surface area contributed by atoms with Crippen LogP contribution in [0.15, 0.2) is 11.4 Å². The Labute approximate surface area is 130 Å². The van der Waals surface area contributed by atoms with E-state index >= 15 is 0 Å². The first-order valence-corrected chi connectivity index (χ1v) is 9.14.